The van der Waals surface area contributed by atoms with E-state index in [0.717, 1.165) is 33.0 Å². The lowest BCUT2D eigenvalue weighted by atomic mass is 10.2. The van der Waals surface area contributed by atoms with Crippen LogP contribution in [0.25, 0.3) is 28.9 Å². The van der Waals surface area contributed by atoms with Crippen molar-refractivity contribution in [3.05, 3.63) is 51.3 Å². The van der Waals surface area contributed by atoms with Crippen LogP contribution in [0.4, 0.5) is 0 Å². The van der Waals surface area contributed by atoms with Gasteiger partial charge in [0.05, 0.1) is 34.0 Å². The SMILES string of the molecule is CC=c1ncc2c(c1=CC)n(-c1cccnc1C)c(=O)n2C. The third-order valence-electron chi connectivity index (χ3n) is 3.94. The summed E-state index contributed by atoms with van der Waals surface area (Å²) in [4.78, 5) is 21.5. The first-order chi connectivity index (χ1) is 10.6. The molecule has 3 rings (SSSR count). The summed E-state index contributed by atoms with van der Waals surface area (Å²) in [6, 6.07) is 3.76. The van der Waals surface area contributed by atoms with Gasteiger partial charge in [-0.05, 0) is 32.9 Å². The lowest BCUT2D eigenvalue weighted by Crippen LogP contribution is -2.30. The van der Waals surface area contributed by atoms with Gasteiger partial charge >= 0.3 is 5.69 Å². The van der Waals surface area contributed by atoms with Gasteiger partial charge in [0, 0.05) is 18.5 Å². The van der Waals surface area contributed by atoms with Crippen LogP contribution in [0.5, 0.6) is 0 Å². The smallest absolute Gasteiger partial charge is 0.293 e. The van der Waals surface area contributed by atoms with Crippen molar-refractivity contribution in [3.8, 4) is 5.69 Å². The molecule has 0 aromatic carbocycles. The Kier molecular flexibility index (Phi) is 3.41. The van der Waals surface area contributed by atoms with E-state index in [1.807, 2.05) is 45.1 Å². The molecule has 0 aliphatic rings. The van der Waals surface area contributed by atoms with Crippen LogP contribution in [0, 0.1) is 6.92 Å². The minimum absolute atomic E-state index is 0.0933. The Balaban J connectivity index is 2.65. The first kappa shape index (κ1) is 14.3. The second kappa shape index (κ2) is 5.26. The average Bonchev–Trinajstić information content (AvgIpc) is 2.79. The topological polar surface area (TPSA) is 52.7 Å². The molecule has 0 saturated carbocycles. The molecule has 0 spiro atoms. The minimum atomic E-state index is -0.0933. The summed E-state index contributed by atoms with van der Waals surface area (Å²) in [7, 11) is 1.77. The zero-order valence-corrected chi connectivity index (χ0v) is 13.2. The Hall–Kier alpha value is -2.69. The molecule has 5 heteroatoms. The van der Waals surface area contributed by atoms with Gasteiger partial charge in [0.15, 0.2) is 0 Å². The van der Waals surface area contributed by atoms with Crippen LogP contribution in [0.1, 0.15) is 19.5 Å². The van der Waals surface area contributed by atoms with E-state index in [1.54, 1.807) is 28.6 Å². The van der Waals surface area contributed by atoms with Gasteiger partial charge in [0.1, 0.15) is 0 Å². The monoisotopic (exact) mass is 294 g/mol. The summed E-state index contributed by atoms with van der Waals surface area (Å²) < 4.78 is 3.35. The second-order valence-electron chi connectivity index (χ2n) is 5.15. The van der Waals surface area contributed by atoms with Crippen LogP contribution in [0.2, 0.25) is 0 Å². The number of imidazole rings is 1. The van der Waals surface area contributed by atoms with Crippen molar-refractivity contribution < 1.29 is 0 Å². The molecule has 3 heterocycles. The number of rotatable bonds is 1. The van der Waals surface area contributed by atoms with Crippen LogP contribution >= 0.6 is 0 Å². The third kappa shape index (κ3) is 1.89. The van der Waals surface area contributed by atoms with E-state index in [2.05, 4.69) is 9.97 Å². The summed E-state index contributed by atoms with van der Waals surface area (Å²) in [6.07, 6.45) is 7.43. The van der Waals surface area contributed by atoms with Crippen LogP contribution < -0.4 is 16.3 Å². The van der Waals surface area contributed by atoms with Gasteiger partial charge in [-0.15, -0.1) is 0 Å². The first-order valence-electron chi connectivity index (χ1n) is 7.21. The molecular formula is C17H18N4O. The van der Waals surface area contributed by atoms with Gasteiger partial charge in [-0.2, -0.15) is 0 Å². The van der Waals surface area contributed by atoms with Gasteiger partial charge < -0.3 is 0 Å². The summed E-state index contributed by atoms with van der Waals surface area (Å²) in [5, 5.41) is 1.83. The molecule has 112 valence electrons. The Labute approximate surface area is 127 Å². The quantitative estimate of drug-likeness (QED) is 0.673. The molecule has 0 N–H and O–H groups in total. The summed E-state index contributed by atoms with van der Waals surface area (Å²) in [6.45, 7) is 5.81. The number of fused-ring (bicyclic) bond motifs is 1. The van der Waals surface area contributed by atoms with Gasteiger partial charge in [-0.1, -0.05) is 12.2 Å². The van der Waals surface area contributed by atoms with E-state index >= 15 is 0 Å². The van der Waals surface area contributed by atoms with Crippen molar-refractivity contribution in [2.45, 2.75) is 20.8 Å². The fourth-order valence-electron chi connectivity index (χ4n) is 2.80. The Morgan fingerprint density at radius 2 is 1.95 bits per heavy atom. The van der Waals surface area contributed by atoms with Crippen LogP contribution in [0.15, 0.2) is 29.3 Å². The van der Waals surface area contributed by atoms with Crippen LogP contribution in [0.3, 0.4) is 0 Å². The molecule has 5 nitrogen and oxygen atoms in total. The molecule has 3 aromatic heterocycles. The molecule has 0 atom stereocenters. The van der Waals surface area contributed by atoms with E-state index in [0.29, 0.717) is 0 Å². The fourth-order valence-corrected chi connectivity index (χ4v) is 2.80. The summed E-state index contributed by atoms with van der Waals surface area (Å²) in [5.41, 5.74) is 3.21. The first-order valence-corrected chi connectivity index (χ1v) is 7.21. The maximum absolute atomic E-state index is 12.8. The number of aryl methyl sites for hydroxylation is 2. The second-order valence-corrected chi connectivity index (χ2v) is 5.15. The average molecular weight is 294 g/mol. The third-order valence-corrected chi connectivity index (χ3v) is 3.94. The molecule has 0 aliphatic heterocycles. The molecule has 0 fully saturated rings. The highest BCUT2D eigenvalue weighted by atomic mass is 16.1. The molecule has 0 aliphatic carbocycles. The van der Waals surface area contributed by atoms with E-state index in [-0.39, 0.29) is 5.69 Å². The molecule has 0 unspecified atom stereocenters. The van der Waals surface area contributed by atoms with Crippen molar-refractivity contribution >= 4 is 23.2 Å². The number of nitrogens with zero attached hydrogens (tertiary/aromatic N) is 4. The maximum atomic E-state index is 12.8. The molecule has 0 saturated heterocycles. The van der Waals surface area contributed by atoms with E-state index in [1.165, 1.54) is 0 Å². The number of hydrogen-bond acceptors (Lipinski definition) is 3. The zero-order valence-electron chi connectivity index (χ0n) is 13.2. The summed E-state index contributed by atoms with van der Waals surface area (Å²) >= 11 is 0. The van der Waals surface area contributed by atoms with Crippen molar-refractivity contribution in [1.29, 1.82) is 0 Å². The largest absolute Gasteiger partial charge is 0.333 e. The molecule has 0 bridgehead atoms. The van der Waals surface area contributed by atoms with Gasteiger partial charge in [-0.3, -0.25) is 19.1 Å². The number of hydrogen-bond donors (Lipinski definition) is 0. The standard InChI is InChI=1S/C17H18N4O/c1-5-12-13(6-2)19-10-15-16(12)21(17(22)20(15)4)14-8-7-9-18-11(14)3/h5-10H,1-4H3. The number of aromatic nitrogens is 4. The predicted octanol–water partition coefficient (Wildman–Crippen LogP) is 1.03. The summed E-state index contributed by atoms with van der Waals surface area (Å²) in [5.74, 6) is 0. The molecule has 0 radical (unpaired) electrons. The lowest BCUT2D eigenvalue weighted by Gasteiger charge is -2.06. The van der Waals surface area contributed by atoms with E-state index in [9.17, 15) is 4.79 Å². The highest BCUT2D eigenvalue weighted by Crippen LogP contribution is 2.14. The number of pyridine rings is 2. The highest BCUT2D eigenvalue weighted by Gasteiger charge is 2.15. The van der Waals surface area contributed by atoms with Crippen molar-refractivity contribution in [1.82, 2.24) is 19.1 Å². The van der Waals surface area contributed by atoms with Gasteiger partial charge in [0.2, 0.25) is 0 Å². The predicted molar refractivity (Wildman–Crippen MR) is 88.4 cm³/mol. The maximum Gasteiger partial charge on any atom is 0.333 e. The van der Waals surface area contributed by atoms with E-state index in [4.69, 9.17) is 0 Å². The van der Waals surface area contributed by atoms with Crippen LogP contribution in [-0.2, 0) is 7.05 Å². The fraction of sp³-hybridized carbons (Fsp3) is 0.235. The molecule has 3 aromatic rings. The van der Waals surface area contributed by atoms with Gasteiger partial charge in [0.25, 0.3) is 0 Å². The Morgan fingerprint density at radius 1 is 1.18 bits per heavy atom. The highest BCUT2D eigenvalue weighted by molar-refractivity contribution is 5.78. The molecule has 22 heavy (non-hydrogen) atoms. The van der Waals surface area contributed by atoms with Crippen LogP contribution in [-0.4, -0.2) is 19.1 Å². The lowest BCUT2D eigenvalue weighted by molar-refractivity contribution is 0.839. The molecular weight excluding hydrogens is 276 g/mol. The van der Waals surface area contributed by atoms with E-state index < -0.39 is 0 Å². The minimum Gasteiger partial charge on any atom is -0.293 e. The van der Waals surface area contributed by atoms with Crippen molar-refractivity contribution in [2.24, 2.45) is 7.05 Å². The van der Waals surface area contributed by atoms with Crippen molar-refractivity contribution in [3.63, 3.8) is 0 Å². The normalized spacial score (nSPS) is 13.3. The Morgan fingerprint density at radius 3 is 2.59 bits per heavy atom. The zero-order chi connectivity index (χ0) is 15.9. The molecule has 0 amide bonds. The Bertz CT molecular complexity index is 1040. The van der Waals surface area contributed by atoms with Gasteiger partial charge in [-0.25, -0.2) is 4.79 Å². The van der Waals surface area contributed by atoms with Crippen molar-refractivity contribution in [2.75, 3.05) is 0 Å².